The Bertz CT molecular complexity index is 1360. The molecule has 0 radical (unpaired) electrons. The van der Waals surface area contributed by atoms with Crippen molar-refractivity contribution >= 4 is 28.5 Å². The Kier molecular flexibility index (Phi) is 5.77. The molecule has 172 valence electrons. The van der Waals surface area contributed by atoms with Crippen LogP contribution in [0.1, 0.15) is 31.4 Å². The second-order valence-electron chi connectivity index (χ2n) is 8.33. The van der Waals surface area contributed by atoms with Gasteiger partial charge in [-0.3, -0.25) is 0 Å². The molecule has 0 amide bonds. The molecule has 0 aromatic carbocycles. The molecule has 9 nitrogen and oxygen atoms in total. The Hall–Kier alpha value is -4.10. The van der Waals surface area contributed by atoms with Gasteiger partial charge in [0.1, 0.15) is 17.3 Å². The highest BCUT2D eigenvalue weighted by molar-refractivity contribution is 5.96. The van der Waals surface area contributed by atoms with Crippen molar-refractivity contribution in [1.82, 2.24) is 24.9 Å². The lowest BCUT2D eigenvalue weighted by Crippen LogP contribution is -2.36. The number of aliphatic hydroxyl groups is 1. The fourth-order valence-electron chi connectivity index (χ4n) is 4.11. The number of nitrogens with zero attached hydrogens (tertiary/aromatic N) is 6. The third-order valence-electron chi connectivity index (χ3n) is 6.05. The first-order chi connectivity index (χ1) is 16.5. The van der Waals surface area contributed by atoms with Crippen molar-refractivity contribution in [1.29, 1.82) is 0 Å². The normalized spacial score (nSPS) is 15.3. The number of aromatic nitrogens is 5. The van der Waals surface area contributed by atoms with Gasteiger partial charge in [-0.2, -0.15) is 0 Å². The van der Waals surface area contributed by atoms with Gasteiger partial charge in [-0.25, -0.2) is 29.2 Å². The van der Waals surface area contributed by atoms with Crippen LogP contribution in [0.4, 0.5) is 21.8 Å². The van der Waals surface area contributed by atoms with Gasteiger partial charge in [0.2, 0.25) is 11.6 Å². The summed E-state index contributed by atoms with van der Waals surface area (Å²) in [7, 11) is 0. The number of hydrogen-bond acceptors (Lipinski definition) is 7. The summed E-state index contributed by atoms with van der Waals surface area (Å²) < 4.78 is 13.8. The lowest BCUT2D eigenvalue weighted by molar-refractivity contribution is 0.145. The molecule has 3 N–H and O–H groups in total. The maximum atomic E-state index is 13.8. The Labute approximate surface area is 195 Å². The van der Waals surface area contributed by atoms with Crippen LogP contribution in [-0.4, -0.2) is 49.2 Å². The molecule has 1 unspecified atom stereocenters. The second-order valence-corrected chi connectivity index (χ2v) is 8.33. The molecule has 4 aromatic rings. The van der Waals surface area contributed by atoms with Crippen molar-refractivity contribution in [2.75, 3.05) is 23.3 Å². The van der Waals surface area contributed by atoms with E-state index in [1.165, 1.54) is 12.3 Å². The number of hydrogen-bond donors (Lipinski definition) is 3. The predicted octanol–water partition coefficient (Wildman–Crippen LogP) is 4.24. The molecule has 1 fully saturated rings. The van der Waals surface area contributed by atoms with Crippen LogP contribution >= 0.6 is 0 Å². The van der Waals surface area contributed by atoms with Gasteiger partial charge in [-0.1, -0.05) is 6.07 Å². The zero-order valence-corrected chi connectivity index (χ0v) is 18.5. The van der Waals surface area contributed by atoms with Crippen molar-refractivity contribution < 1.29 is 9.50 Å². The lowest BCUT2D eigenvalue weighted by Gasteiger charge is -2.30. The zero-order chi connectivity index (χ0) is 23.7. The van der Waals surface area contributed by atoms with E-state index in [1.807, 2.05) is 25.3 Å². The molecule has 1 aliphatic rings. The van der Waals surface area contributed by atoms with Crippen molar-refractivity contribution in [2.24, 2.45) is 0 Å². The predicted molar refractivity (Wildman–Crippen MR) is 127 cm³/mol. The maximum Gasteiger partial charge on any atom is 0.231 e. The number of aliphatic hydroxyl groups excluding tert-OH is 1. The molecular formula is C24H23FN8O. The van der Waals surface area contributed by atoms with Gasteiger partial charge < -0.3 is 20.3 Å². The monoisotopic (exact) mass is 458 g/mol. The Balaban J connectivity index is 1.37. The first-order valence-electron chi connectivity index (χ1n) is 11.0. The first-order valence-corrected chi connectivity index (χ1v) is 11.0. The average Bonchev–Trinajstić information content (AvgIpc) is 3.27. The van der Waals surface area contributed by atoms with E-state index in [0.717, 1.165) is 43.5 Å². The smallest absolute Gasteiger partial charge is 0.231 e. The van der Waals surface area contributed by atoms with Crippen LogP contribution in [0.3, 0.4) is 0 Å². The van der Waals surface area contributed by atoms with E-state index in [9.17, 15) is 9.50 Å². The van der Waals surface area contributed by atoms with E-state index in [0.29, 0.717) is 28.2 Å². The van der Waals surface area contributed by atoms with Gasteiger partial charge in [-0.15, -0.1) is 0 Å². The summed E-state index contributed by atoms with van der Waals surface area (Å²) in [5.74, 6) is 0.779. The van der Waals surface area contributed by atoms with E-state index >= 15 is 0 Å². The van der Waals surface area contributed by atoms with Gasteiger partial charge in [-0.05, 0) is 37.5 Å². The fourth-order valence-corrected chi connectivity index (χ4v) is 4.11. The van der Waals surface area contributed by atoms with Crippen LogP contribution in [0.15, 0.2) is 43.0 Å². The van der Waals surface area contributed by atoms with Gasteiger partial charge in [0.15, 0.2) is 0 Å². The van der Waals surface area contributed by atoms with E-state index in [-0.39, 0.29) is 17.8 Å². The molecule has 34 heavy (non-hydrogen) atoms. The van der Waals surface area contributed by atoms with Gasteiger partial charge in [0, 0.05) is 42.6 Å². The lowest BCUT2D eigenvalue weighted by atomic mass is 10.1. The molecule has 1 aliphatic heterocycles. The molecule has 1 saturated heterocycles. The number of aromatic amines is 1. The SMILES string of the molecule is [C-]#[N+]c1cnc(NC(C)c2ccc(N3CCC(O)CC3)nc2)nc1-c1c[nH]c2ncc(F)cc12. The van der Waals surface area contributed by atoms with Crippen molar-refractivity contribution in [3.05, 3.63) is 65.8 Å². The molecule has 1 atom stereocenters. The first kappa shape index (κ1) is 21.7. The fraction of sp³-hybridized carbons (Fsp3) is 0.292. The summed E-state index contributed by atoms with van der Waals surface area (Å²) in [6, 6.07) is 5.22. The average molecular weight is 459 g/mol. The highest BCUT2D eigenvalue weighted by atomic mass is 19.1. The topological polar surface area (TPSA) is 107 Å². The summed E-state index contributed by atoms with van der Waals surface area (Å²) >= 11 is 0. The third-order valence-corrected chi connectivity index (χ3v) is 6.05. The molecule has 4 aromatic heterocycles. The second kappa shape index (κ2) is 9.03. The van der Waals surface area contributed by atoms with Crippen LogP contribution in [0.5, 0.6) is 0 Å². The summed E-state index contributed by atoms with van der Waals surface area (Å²) in [5, 5.41) is 13.5. The molecule has 5 heterocycles. The molecular weight excluding hydrogens is 435 g/mol. The molecule has 5 rings (SSSR count). The number of nitrogens with one attached hydrogen (secondary N) is 2. The third kappa shape index (κ3) is 4.25. The van der Waals surface area contributed by atoms with Crippen molar-refractivity contribution in [2.45, 2.75) is 31.9 Å². The summed E-state index contributed by atoms with van der Waals surface area (Å²) in [4.78, 5) is 26.2. The molecule has 0 spiro atoms. The summed E-state index contributed by atoms with van der Waals surface area (Å²) in [6.07, 6.45) is 7.37. The largest absolute Gasteiger partial charge is 0.393 e. The van der Waals surface area contributed by atoms with Crippen LogP contribution < -0.4 is 10.2 Å². The molecule has 10 heteroatoms. The minimum Gasteiger partial charge on any atom is -0.393 e. The summed E-state index contributed by atoms with van der Waals surface area (Å²) in [6.45, 7) is 11.1. The van der Waals surface area contributed by atoms with Crippen LogP contribution in [-0.2, 0) is 0 Å². The van der Waals surface area contributed by atoms with E-state index in [4.69, 9.17) is 6.57 Å². The number of anilines is 2. The van der Waals surface area contributed by atoms with Gasteiger partial charge in [0.05, 0.1) is 30.6 Å². The van der Waals surface area contributed by atoms with Crippen LogP contribution in [0.25, 0.3) is 27.1 Å². The summed E-state index contributed by atoms with van der Waals surface area (Å²) in [5.41, 5.74) is 2.73. The standard InChI is InChI=1S/C24H23FN8O/c1-14(15-3-4-21(27-10-15)33-7-5-17(34)6-8-33)31-24-30-13-20(26-2)22(32-24)19-12-29-23-18(19)9-16(25)11-28-23/h3-4,9-14,17,34H,5-8H2,1H3,(H,28,29)(H,30,31,32). The Morgan fingerprint density at radius 3 is 2.76 bits per heavy atom. The minimum atomic E-state index is -0.463. The van der Waals surface area contributed by atoms with Crippen molar-refractivity contribution in [3.63, 3.8) is 0 Å². The minimum absolute atomic E-state index is 0.140. The number of halogens is 1. The Morgan fingerprint density at radius 2 is 2.03 bits per heavy atom. The van der Waals surface area contributed by atoms with E-state index < -0.39 is 5.82 Å². The molecule has 0 bridgehead atoms. The van der Waals surface area contributed by atoms with Gasteiger partial charge >= 0.3 is 0 Å². The molecule has 0 aliphatic carbocycles. The number of H-pyrrole nitrogens is 1. The number of fused-ring (bicyclic) bond motifs is 1. The maximum absolute atomic E-state index is 13.8. The number of rotatable bonds is 5. The van der Waals surface area contributed by atoms with E-state index in [2.05, 4.69) is 40.0 Å². The van der Waals surface area contributed by atoms with Crippen LogP contribution in [0.2, 0.25) is 0 Å². The van der Waals surface area contributed by atoms with Gasteiger partial charge in [0.25, 0.3) is 0 Å². The number of piperidine rings is 1. The Morgan fingerprint density at radius 1 is 1.21 bits per heavy atom. The zero-order valence-electron chi connectivity index (χ0n) is 18.5. The van der Waals surface area contributed by atoms with E-state index in [1.54, 1.807) is 6.20 Å². The quantitative estimate of drug-likeness (QED) is 0.384. The molecule has 0 saturated carbocycles. The highest BCUT2D eigenvalue weighted by Gasteiger charge is 2.19. The van der Waals surface area contributed by atoms with Crippen LogP contribution in [0, 0.1) is 12.4 Å². The van der Waals surface area contributed by atoms with Crippen molar-refractivity contribution in [3.8, 4) is 11.3 Å². The highest BCUT2D eigenvalue weighted by Crippen LogP contribution is 2.34. The number of pyridine rings is 2.